The van der Waals surface area contributed by atoms with Crippen LogP contribution in [0.15, 0.2) is 22.8 Å². The molecule has 0 aliphatic heterocycles. The van der Waals surface area contributed by atoms with Crippen molar-refractivity contribution in [2.75, 3.05) is 6.54 Å². The van der Waals surface area contributed by atoms with Crippen LogP contribution in [-0.4, -0.2) is 24.2 Å². The highest BCUT2D eigenvalue weighted by molar-refractivity contribution is 5.92. The van der Waals surface area contributed by atoms with Gasteiger partial charge in [0, 0.05) is 6.04 Å². The predicted molar refractivity (Wildman–Crippen MR) is 95.0 cm³/mol. The van der Waals surface area contributed by atoms with Crippen molar-refractivity contribution in [3.8, 4) is 0 Å². The zero-order chi connectivity index (χ0) is 17.3. The molecule has 22 heavy (non-hydrogen) atoms. The Labute approximate surface area is 137 Å². The highest BCUT2D eigenvalue weighted by Crippen LogP contribution is 2.21. The predicted octanol–water partition coefficient (Wildman–Crippen LogP) is 4.78. The smallest absolute Gasteiger partial charge is 0.338 e. The maximum Gasteiger partial charge on any atom is 0.338 e. The molecule has 0 bridgehead atoms. The maximum absolute atomic E-state index is 12.6. The summed E-state index contributed by atoms with van der Waals surface area (Å²) in [6, 6.07) is 0.444. The molecule has 3 heteroatoms. The number of rotatable bonds is 9. The Morgan fingerprint density at radius 1 is 1.18 bits per heavy atom. The van der Waals surface area contributed by atoms with Gasteiger partial charge in [-0.05, 0) is 59.6 Å². The summed E-state index contributed by atoms with van der Waals surface area (Å²) in [6.45, 7) is 17.2. The molecule has 128 valence electrons. The van der Waals surface area contributed by atoms with Gasteiger partial charge in [0.15, 0.2) is 0 Å². The molecule has 0 aliphatic rings. The molecule has 0 heterocycles. The second kappa shape index (κ2) is 9.83. The Morgan fingerprint density at radius 2 is 1.77 bits per heavy atom. The SMILES string of the molecule is CC/C(C)=C\C(C(=O)OC(C)(C)CCNC(C)C)=C(/C)CC. The van der Waals surface area contributed by atoms with E-state index in [1.807, 2.05) is 33.8 Å². The summed E-state index contributed by atoms with van der Waals surface area (Å²) in [7, 11) is 0. The lowest BCUT2D eigenvalue weighted by atomic mass is 10.0. The monoisotopic (exact) mass is 309 g/mol. The molecular formula is C19H35NO2. The number of hydrogen-bond acceptors (Lipinski definition) is 3. The van der Waals surface area contributed by atoms with Crippen molar-refractivity contribution < 1.29 is 9.53 Å². The van der Waals surface area contributed by atoms with Gasteiger partial charge >= 0.3 is 5.97 Å². The van der Waals surface area contributed by atoms with E-state index >= 15 is 0 Å². The molecule has 0 spiro atoms. The molecule has 0 aromatic heterocycles. The van der Waals surface area contributed by atoms with Crippen LogP contribution in [0.2, 0.25) is 0 Å². The third kappa shape index (κ3) is 8.38. The molecular weight excluding hydrogens is 274 g/mol. The summed E-state index contributed by atoms with van der Waals surface area (Å²) in [5.74, 6) is -0.207. The molecule has 0 atom stereocenters. The van der Waals surface area contributed by atoms with Crippen molar-refractivity contribution >= 4 is 5.97 Å². The van der Waals surface area contributed by atoms with E-state index in [-0.39, 0.29) is 5.97 Å². The average molecular weight is 309 g/mol. The van der Waals surface area contributed by atoms with Crippen LogP contribution in [-0.2, 0) is 9.53 Å². The minimum Gasteiger partial charge on any atom is -0.456 e. The molecule has 0 fully saturated rings. The summed E-state index contributed by atoms with van der Waals surface area (Å²) in [6.07, 6.45) is 4.57. The quantitative estimate of drug-likeness (QED) is 0.378. The molecule has 0 amide bonds. The molecule has 0 radical (unpaired) electrons. The van der Waals surface area contributed by atoms with E-state index in [2.05, 4.69) is 33.0 Å². The zero-order valence-electron chi connectivity index (χ0n) is 15.8. The Bertz CT molecular complexity index is 417. The van der Waals surface area contributed by atoms with Crippen LogP contribution in [0.1, 0.15) is 74.7 Å². The van der Waals surface area contributed by atoms with E-state index in [1.165, 1.54) is 5.57 Å². The van der Waals surface area contributed by atoms with Gasteiger partial charge in [-0.15, -0.1) is 0 Å². The van der Waals surface area contributed by atoms with Gasteiger partial charge < -0.3 is 10.1 Å². The first kappa shape index (κ1) is 20.9. The molecule has 0 aliphatic carbocycles. The topological polar surface area (TPSA) is 38.3 Å². The van der Waals surface area contributed by atoms with Crippen molar-refractivity contribution in [1.29, 1.82) is 0 Å². The molecule has 0 rings (SSSR count). The molecule has 0 unspecified atom stereocenters. The molecule has 1 N–H and O–H groups in total. The highest BCUT2D eigenvalue weighted by atomic mass is 16.6. The fourth-order valence-electron chi connectivity index (χ4n) is 1.91. The molecule has 3 nitrogen and oxygen atoms in total. The highest BCUT2D eigenvalue weighted by Gasteiger charge is 2.24. The van der Waals surface area contributed by atoms with Crippen molar-refractivity contribution in [1.82, 2.24) is 5.32 Å². The largest absolute Gasteiger partial charge is 0.456 e. The van der Waals surface area contributed by atoms with Crippen molar-refractivity contribution in [3.63, 3.8) is 0 Å². The Hall–Kier alpha value is -1.09. The number of hydrogen-bond donors (Lipinski definition) is 1. The van der Waals surface area contributed by atoms with Gasteiger partial charge in [0.2, 0.25) is 0 Å². The summed E-state index contributed by atoms with van der Waals surface area (Å²) in [5, 5.41) is 3.36. The maximum atomic E-state index is 12.6. The molecule has 0 saturated carbocycles. The zero-order valence-corrected chi connectivity index (χ0v) is 15.8. The van der Waals surface area contributed by atoms with Gasteiger partial charge in [-0.2, -0.15) is 0 Å². The normalized spacial score (nSPS) is 14.1. The third-order valence-corrected chi connectivity index (χ3v) is 3.81. The summed E-state index contributed by atoms with van der Waals surface area (Å²) < 4.78 is 5.77. The van der Waals surface area contributed by atoms with Crippen molar-refractivity contribution in [3.05, 3.63) is 22.8 Å². The van der Waals surface area contributed by atoms with Crippen LogP contribution >= 0.6 is 0 Å². The minimum absolute atomic E-state index is 0.207. The van der Waals surface area contributed by atoms with E-state index in [0.29, 0.717) is 11.6 Å². The standard InChI is InChI=1S/C19H35NO2/c1-9-15(5)13-17(16(6)10-2)18(21)22-19(7,8)11-12-20-14(3)4/h13-14,20H,9-12H2,1-8H3/b15-13-,17-16-. The first-order chi connectivity index (χ1) is 10.1. The number of ether oxygens (including phenoxy) is 1. The molecule has 0 saturated heterocycles. The number of allylic oxidation sites excluding steroid dienone is 2. The van der Waals surface area contributed by atoms with Crippen LogP contribution in [0.4, 0.5) is 0 Å². The second-order valence-electron chi connectivity index (χ2n) is 6.90. The minimum atomic E-state index is -0.466. The van der Waals surface area contributed by atoms with E-state index in [1.54, 1.807) is 0 Å². The van der Waals surface area contributed by atoms with Gasteiger partial charge in [-0.1, -0.05) is 38.8 Å². The van der Waals surface area contributed by atoms with E-state index in [4.69, 9.17) is 4.74 Å². The Balaban J connectivity index is 4.96. The van der Waals surface area contributed by atoms with E-state index < -0.39 is 5.60 Å². The van der Waals surface area contributed by atoms with Gasteiger partial charge in [-0.25, -0.2) is 4.79 Å². The number of carbonyl (C=O) groups excluding carboxylic acids is 1. The molecule has 0 aromatic carbocycles. The lowest BCUT2D eigenvalue weighted by molar-refractivity contribution is -0.151. The van der Waals surface area contributed by atoms with Crippen LogP contribution in [0.25, 0.3) is 0 Å². The third-order valence-electron chi connectivity index (χ3n) is 3.81. The Kier molecular flexibility index (Phi) is 9.34. The summed E-state index contributed by atoms with van der Waals surface area (Å²) in [5.41, 5.74) is 2.52. The van der Waals surface area contributed by atoms with Crippen LogP contribution in [0.5, 0.6) is 0 Å². The van der Waals surface area contributed by atoms with Gasteiger partial charge in [0.25, 0.3) is 0 Å². The number of carbonyl (C=O) groups is 1. The van der Waals surface area contributed by atoms with Crippen molar-refractivity contribution in [2.24, 2.45) is 0 Å². The van der Waals surface area contributed by atoms with Crippen LogP contribution in [0.3, 0.4) is 0 Å². The van der Waals surface area contributed by atoms with Gasteiger partial charge in [-0.3, -0.25) is 0 Å². The Morgan fingerprint density at radius 3 is 2.23 bits per heavy atom. The van der Waals surface area contributed by atoms with Gasteiger partial charge in [0.05, 0.1) is 5.57 Å². The summed E-state index contributed by atoms with van der Waals surface area (Å²) >= 11 is 0. The van der Waals surface area contributed by atoms with E-state index in [9.17, 15) is 4.79 Å². The van der Waals surface area contributed by atoms with Crippen molar-refractivity contribution in [2.45, 2.75) is 86.3 Å². The lowest BCUT2D eigenvalue weighted by Gasteiger charge is -2.26. The fraction of sp³-hybridized carbons (Fsp3) is 0.737. The second-order valence-corrected chi connectivity index (χ2v) is 6.90. The average Bonchev–Trinajstić information content (AvgIpc) is 2.42. The van der Waals surface area contributed by atoms with Crippen LogP contribution < -0.4 is 5.32 Å². The van der Waals surface area contributed by atoms with E-state index in [0.717, 1.165) is 31.4 Å². The lowest BCUT2D eigenvalue weighted by Crippen LogP contribution is -2.34. The fourth-order valence-corrected chi connectivity index (χ4v) is 1.91. The summed E-state index contributed by atoms with van der Waals surface area (Å²) in [4.78, 5) is 12.6. The number of esters is 1. The molecule has 0 aromatic rings. The van der Waals surface area contributed by atoms with Gasteiger partial charge in [0.1, 0.15) is 5.60 Å². The first-order valence-corrected chi connectivity index (χ1v) is 8.46. The number of nitrogens with one attached hydrogen (secondary N) is 1. The van der Waals surface area contributed by atoms with Crippen LogP contribution in [0, 0.1) is 0 Å². The first-order valence-electron chi connectivity index (χ1n) is 8.46.